The second kappa shape index (κ2) is 9.76. The van der Waals surface area contributed by atoms with E-state index in [9.17, 15) is 0 Å². The molecule has 0 radical (unpaired) electrons. The van der Waals surface area contributed by atoms with E-state index in [0.717, 1.165) is 12.5 Å². The van der Waals surface area contributed by atoms with Gasteiger partial charge in [-0.1, -0.05) is 58.6 Å². The van der Waals surface area contributed by atoms with E-state index in [1.807, 2.05) is 0 Å². The molecule has 0 aromatic heterocycles. The SMILES string of the molecule is CCCCC(CC)CC(NCC)c1ccc(I)cc1. The van der Waals surface area contributed by atoms with Gasteiger partial charge in [0.05, 0.1) is 0 Å². The molecular formula is C17H28IN. The molecule has 1 aromatic carbocycles. The van der Waals surface area contributed by atoms with E-state index >= 15 is 0 Å². The summed E-state index contributed by atoms with van der Waals surface area (Å²) in [5, 5.41) is 3.66. The molecule has 19 heavy (non-hydrogen) atoms. The number of unbranched alkanes of at least 4 members (excludes halogenated alkanes) is 1. The van der Waals surface area contributed by atoms with Crippen LogP contribution in [0.15, 0.2) is 24.3 Å². The summed E-state index contributed by atoms with van der Waals surface area (Å²) in [6, 6.07) is 9.51. The molecule has 0 saturated heterocycles. The largest absolute Gasteiger partial charge is 0.310 e. The van der Waals surface area contributed by atoms with Crippen molar-refractivity contribution in [3.8, 4) is 0 Å². The van der Waals surface area contributed by atoms with Crippen LogP contribution in [0, 0.1) is 9.49 Å². The van der Waals surface area contributed by atoms with E-state index < -0.39 is 0 Å². The fraction of sp³-hybridized carbons (Fsp3) is 0.647. The topological polar surface area (TPSA) is 12.0 Å². The highest BCUT2D eigenvalue weighted by Gasteiger charge is 2.16. The summed E-state index contributed by atoms with van der Waals surface area (Å²) in [5.41, 5.74) is 1.44. The Morgan fingerprint density at radius 2 is 1.79 bits per heavy atom. The van der Waals surface area contributed by atoms with Crippen molar-refractivity contribution in [2.75, 3.05) is 6.54 Å². The number of benzene rings is 1. The Bertz CT molecular complexity index is 334. The van der Waals surface area contributed by atoms with Gasteiger partial charge in [0.25, 0.3) is 0 Å². The second-order valence-corrected chi connectivity index (χ2v) is 6.56. The van der Waals surface area contributed by atoms with Crippen LogP contribution in [0.3, 0.4) is 0 Å². The van der Waals surface area contributed by atoms with Crippen molar-refractivity contribution in [2.45, 2.75) is 58.9 Å². The Kier molecular flexibility index (Phi) is 8.71. The molecule has 0 aliphatic carbocycles. The third-order valence-corrected chi connectivity index (χ3v) is 4.55. The van der Waals surface area contributed by atoms with Crippen LogP contribution >= 0.6 is 22.6 Å². The van der Waals surface area contributed by atoms with E-state index in [1.165, 1.54) is 41.2 Å². The van der Waals surface area contributed by atoms with E-state index in [4.69, 9.17) is 0 Å². The smallest absolute Gasteiger partial charge is 0.0322 e. The van der Waals surface area contributed by atoms with E-state index in [2.05, 4.69) is 72.9 Å². The lowest BCUT2D eigenvalue weighted by molar-refractivity contribution is 0.357. The van der Waals surface area contributed by atoms with Gasteiger partial charge in [-0.25, -0.2) is 0 Å². The summed E-state index contributed by atoms with van der Waals surface area (Å²) in [5.74, 6) is 0.850. The van der Waals surface area contributed by atoms with Gasteiger partial charge in [0.15, 0.2) is 0 Å². The summed E-state index contributed by atoms with van der Waals surface area (Å²) < 4.78 is 1.31. The van der Waals surface area contributed by atoms with Crippen molar-refractivity contribution < 1.29 is 0 Å². The number of rotatable bonds is 9. The van der Waals surface area contributed by atoms with Crippen molar-refractivity contribution >= 4 is 22.6 Å². The van der Waals surface area contributed by atoms with Gasteiger partial charge in [0.1, 0.15) is 0 Å². The third kappa shape index (κ3) is 6.26. The fourth-order valence-electron chi connectivity index (χ4n) is 2.59. The van der Waals surface area contributed by atoms with Crippen molar-refractivity contribution in [3.05, 3.63) is 33.4 Å². The number of hydrogen-bond acceptors (Lipinski definition) is 1. The Balaban J connectivity index is 2.67. The molecule has 2 heteroatoms. The standard InChI is InChI=1S/C17H28IN/c1-4-7-8-14(5-2)13-17(19-6-3)15-9-11-16(18)12-10-15/h9-12,14,17,19H,4-8,13H2,1-3H3. The lowest BCUT2D eigenvalue weighted by Gasteiger charge is -2.24. The Morgan fingerprint density at radius 3 is 2.32 bits per heavy atom. The zero-order chi connectivity index (χ0) is 14.1. The van der Waals surface area contributed by atoms with Crippen LogP contribution in [0.4, 0.5) is 0 Å². The molecule has 2 atom stereocenters. The van der Waals surface area contributed by atoms with Gasteiger partial charge in [-0.05, 0) is 59.2 Å². The van der Waals surface area contributed by atoms with Crippen LogP contribution in [0.2, 0.25) is 0 Å². The lowest BCUT2D eigenvalue weighted by Crippen LogP contribution is -2.23. The zero-order valence-corrected chi connectivity index (χ0v) is 14.7. The molecule has 0 bridgehead atoms. The molecule has 0 aliphatic heterocycles. The Labute approximate surface area is 132 Å². The van der Waals surface area contributed by atoms with Crippen molar-refractivity contribution in [1.82, 2.24) is 5.32 Å². The highest BCUT2D eigenvalue weighted by atomic mass is 127. The van der Waals surface area contributed by atoms with Crippen molar-refractivity contribution in [3.63, 3.8) is 0 Å². The molecule has 1 nitrogen and oxygen atoms in total. The number of nitrogens with one attached hydrogen (secondary N) is 1. The summed E-state index contributed by atoms with van der Waals surface area (Å²) >= 11 is 2.37. The monoisotopic (exact) mass is 373 g/mol. The average molecular weight is 373 g/mol. The van der Waals surface area contributed by atoms with Crippen LogP contribution < -0.4 is 5.32 Å². The molecule has 0 amide bonds. The predicted molar refractivity (Wildman–Crippen MR) is 93.5 cm³/mol. The normalized spacial score (nSPS) is 14.3. The van der Waals surface area contributed by atoms with Crippen molar-refractivity contribution in [1.29, 1.82) is 0 Å². The Morgan fingerprint density at radius 1 is 1.11 bits per heavy atom. The first-order chi connectivity index (χ1) is 9.21. The second-order valence-electron chi connectivity index (χ2n) is 5.31. The molecule has 1 N–H and O–H groups in total. The molecule has 1 aromatic rings. The average Bonchev–Trinajstić information content (AvgIpc) is 2.43. The van der Waals surface area contributed by atoms with Gasteiger partial charge < -0.3 is 5.32 Å². The minimum atomic E-state index is 0.517. The van der Waals surface area contributed by atoms with Crippen LogP contribution in [0.5, 0.6) is 0 Å². The molecule has 0 spiro atoms. The fourth-order valence-corrected chi connectivity index (χ4v) is 2.95. The third-order valence-electron chi connectivity index (χ3n) is 3.84. The summed E-state index contributed by atoms with van der Waals surface area (Å²) in [6.07, 6.45) is 6.62. The van der Waals surface area contributed by atoms with Crippen LogP contribution in [-0.2, 0) is 0 Å². The van der Waals surface area contributed by atoms with Gasteiger partial charge >= 0.3 is 0 Å². The minimum Gasteiger partial charge on any atom is -0.310 e. The highest BCUT2D eigenvalue weighted by Crippen LogP contribution is 2.27. The van der Waals surface area contributed by atoms with E-state index in [-0.39, 0.29) is 0 Å². The molecule has 0 heterocycles. The van der Waals surface area contributed by atoms with E-state index in [0.29, 0.717) is 6.04 Å². The van der Waals surface area contributed by atoms with Crippen LogP contribution in [0.25, 0.3) is 0 Å². The Hall–Kier alpha value is -0.0900. The molecule has 2 unspecified atom stereocenters. The quantitative estimate of drug-likeness (QED) is 0.560. The summed E-state index contributed by atoms with van der Waals surface area (Å²) in [6.45, 7) is 7.86. The van der Waals surface area contributed by atoms with Gasteiger partial charge in [-0.3, -0.25) is 0 Å². The first-order valence-corrected chi connectivity index (χ1v) is 8.77. The van der Waals surface area contributed by atoms with E-state index in [1.54, 1.807) is 0 Å². The molecule has 0 aliphatic rings. The zero-order valence-electron chi connectivity index (χ0n) is 12.6. The van der Waals surface area contributed by atoms with Gasteiger partial charge in [-0.15, -0.1) is 0 Å². The maximum Gasteiger partial charge on any atom is 0.0322 e. The lowest BCUT2D eigenvalue weighted by atomic mass is 9.89. The predicted octanol–water partition coefficient (Wildman–Crippen LogP) is 5.55. The van der Waals surface area contributed by atoms with Gasteiger partial charge in [-0.2, -0.15) is 0 Å². The maximum atomic E-state index is 3.66. The number of hydrogen-bond donors (Lipinski definition) is 1. The van der Waals surface area contributed by atoms with Gasteiger partial charge in [0.2, 0.25) is 0 Å². The molecule has 108 valence electrons. The summed E-state index contributed by atoms with van der Waals surface area (Å²) in [7, 11) is 0. The maximum absolute atomic E-state index is 3.66. The molecular weight excluding hydrogens is 345 g/mol. The highest BCUT2D eigenvalue weighted by molar-refractivity contribution is 14.1. The molecule has 1 rings (SSSR count). The van der Waals surface area contributed by atoms with Crippen LogP contribution in [-0.4, -0.2) is 6.54 Å². The van der Waals surface area contributed by atoms with Crippen LogP contribution in [0.1, 0.15) is 64.5 Å². The molecule has 0 fully saturated rings. The molecule has 0 saturated carbocycles. The van der Waals surface area contributed by atoms with Crippen molar-refractivity contribution in [2.24, 2.45) is 5.92 Å². The first kappa shape index (κ1) is 17.0. The number of halogens is 1. The first-order valence-electron chi connectivity index (χ1n) is 7.70. The summed E-state index contributed by atoms with van der Waals surface area (Å²) in [4.78, 5) is 0. The minimum absolute atomic E-state index is 0.517. The van der Waals surface area contributed by atoms with Gasteiger partial charge in [0, 0.05) is 9.61 Å².